The topological polar surface area (TPSA) is 113 Å². The number of benzene rings is 2. The molecule has 0 N–H and O–H groups in total. The summed E-state index contributed by atoms with van der Waals surface area (Å²) in [5, 5.41) is 26.8. The van der Waals surface area contributed by atoms with Crippen LogP contribution in [-0.4, -0.2) is 38.3 Å². The van der Waals surface area contributed by atoms with E-state index in [0.29, 0.717) is 12.2 Å². The molecule has 1 atom stereocenters. The number of hydrogen-bond acceptors (Lipinski definition) is 6. The van der Waals surface area contributed by atoms with Gasteiger partial charge in [0, 0.05) is 18.8 Å². The summed E-state index contributed by atoms with van der Waals surface area (Å²) >= 11 is 0. The van der Waals surface area contributed by atoms with E-state index >= 15 is 0 Å². The van der Waals surface area contributed by atoms with Crippen LogP contribution in [-0.2, 0) is 16.1 Å². The molecule has 0 radical (unpaired) electrons. The van der Waals surface area contributed by atoms with E-state index in [4.69, 9.17) is 0 Å². The molecule has 1 amide bonds. The van der Waals surface area contributed by atoms with Crippen molar-refractivity contribution in [2.75, 3.05) is 0 Å². The van der Waals surface area contributed by atoms with Crippen LogP contribution in [0, 0.1) is 5.92 Å². The minimum Gasteiger partial charge on any atom is -0.548 e. The average molecular weight is 479 g/mol. The van der Waals surface area contributed by atoms with E-state index in [0.717, 1.165) is 35.1 Å². The largest absolute Gasteiger partial charge is 1.00 e. The predicted octanol–water partition coefficient (Wildman–Crippen LogP) is -3.54. The number of carboxylic acids is 1. The molecule has 3 rings (SSSR count). The van der Waals surface area contributed by atoms with E-state index in [1.54, 1.807) is 13.8 Å². The number of tetrazole rings is 1. The van der Waals surface area contributed by atoms with Gasteiger partial charge in [-0.2, -0.15) is 5.21 Å². The maximum absolute atomic E-state index is 12.8. The Hall–Kier alpha value is -1.55. The van der Waals surface area contributed by atoms with Crippen molar-refractivity contribution in [3.05, 3.63) is 54.1 Å². The Morgan fingerprint density at radius 2 is 1.68 bits per heavy atom. The third kappa shape index (κ3) is 7.73. The summed E-state index contributed by atoms with van der Waals surface area (Å²) in [6.07, 6.45) is 1.90. The zero-order valence-corrected chi connectivity index (χ0v) is 24.6. The normalized spacial score (nSPS) is 11.3. The van der Waals surface area contributed by atoms with Crippen LogP contribution >= 0.6 is 0 Å². The molecular formula is C24H27N5Na2O3. The van der Waals surface area contributed by atoms with E-state index in [2.05, 4.69) is 20.6 Å². The molecule has 3 aromatic rings. The van der Waals surface area contributed by atoms with Gasteiger partial charge in [-0.15, -0.1) is 0 Å². The molecule has 0 aliphatic heterocycles. The van der Waals surface area contributed by atoms with E-state index in [9.17, 15) is 14.7 Å². The summed E-state index contributed by atoms with van der Waals surface area (Å²) in [5.74, 6) is -1.21. The summed E-state index contributed by atoms with van der Waals surface area (Å²) in [6.45, 7) is 5.78. The Morgan fingerprint density at radius 3 is 2.21 bits per heavy atom. The number of carboxylic acid groups (broad SMARTS) is 1. The Kier molecular flexibility index (Phi) is 13.2. The summed E-state index contributed by atoms with van der Waals surface area (Å²) in [7, 11) is 0. The second-order valence-electron chi connectivity index (χ2n) is 8.08. The number of hydrogen-bond donors (Lipinski definition) is 0. The van der Waals surface area contributed by atoms with E-state index in [1.165, 1.54) is 4.90 Å². The van der Waals surface area contributed by atoms with Gasteiger partial charge in [-0.05, 0) is 34.6 Å². The van der Waals surface area contributed by atoms with Gasteiger partial charge in [0.15, 0.2) is 0 Å². The molecule has 0 saturated heterocycles. The summed E-state index contributed by atoms with van der Waals surface area (Å²) in [4.78, 5) is 26.1. The molecule has 0 unspecified atom stereocenters. The molecule has 2 aromatic carbocycles. The van der Waals surface area contributed by atoms with Crippen molar-refractivity contribution in [2.24, 2.45) is 5.92 Å². The van der Waals surface area contributed by atoms with Gasteiger partial charge < -0.3 is 19.9 Å². The number of aliphatic carboxylic acids is 1. The molecule has 0 aliphatic rings. The van der Waals surface area contributed by atoms with Gasteiger partial charge in [0.2, 0.25) is 5.91 Å². The number of aromatic nitrogens is 4. The Morgan fingerprint density at radius 1 is 1.03 bits per heavy atom. The average Bonchev–Trinajstić information content (AvgIpc) is 3.32. The van der Waals surface area contributed by atoms with Crippen LogP contribution in [0.5, 0.6) is 0 Å². The predicted molar refractivity (Wildman–Crippen MR) is 118 cm³/mol. The van der Waals surface area contributed by atoms with Gasteiger partial charge in [0.05, 0.1) is 12.0 Å². The molecule has 1 heterocycles. The smallest absolute Gasteiger partial charge is 0.548 e. The van der Waals surface area contributed by atoms with E-state index in [-0.39, 0.29) is 77.5 Å². The summed E-state index contributed by atoms with van der Waals surface area (Å²) < 4.78 is 0. The third-order valence-corrected chi connectivity index (χ3v) is 5.38. The SMILES string of the molecule is CCCCC(=O)N(Cc1ccc(-c2ccccc2-c2nnn[n-]2)cc1)[C@H](C(=O)[O-])C(C)C.[Na+].[Na+]. The molecular weight excluding hydrogens is 452 g/mol. The standard InChI is InChI=1S/C24H29N5O3.2Na/c1-4-5-10-21(30)29(22(16(2)3)24(31)32)15-17-11-13-18(14-12-17)19-8-6-7-9-20(19)23-25-27-28-26-23;;/h6-9,11-14,16,22H,4-5,10,15H2,1-3H3,(H2,25,26,27,28,31,32);;/q;2*+1/p-2/t22-;;/m0../s1. The number of nitrogens with zero attached hydrogens (tertiary/aromatic N) is 5. The number of rotatable bonds is 10. The van der Waals surface area contributed by atoms with E-state index < -0.39 is 12.0 Å². The molecule has 8 nitrogen and oxygen atoms in total. The first-order valence-corrected chi connectivity index (χ1v) is 10.8. The molecule has 1 aromatic heterocycles. The van der Waals surface area contributed by atoms with Crippen molar-refractivity contribution in [1.82, 2.24) is 25.5 Å². The Balaban J connectivity index is 0.00000289. The zero-order valence-electron chi connectivity index (χ0n) is 20.6. The third-order valence-electron chi connectivity index (χ3n) is 5.38. The second kappa shape index (κ2) is 14.8. The molecule has 0 aliphatic carbocycles. The van der Waals surface area contributed by atoms with Crippen molar-refractivity contribution in [1.29, 1.82) is 0 Å². The Bertz CT molecular complexity index is 1040. The number of amides is 1. The number of unbranched alkanes of at least 4 members (excludes halogenated alkanes) is 1. The first kappa shape index (κ1) is 30.5. The van der Waals surface area contributed by atoms with Gasteiger partial charge >= 0.3 is 59.1 Å². The van der Waals surface area contributed by atoms with Crippen LogP contribution < -0.4 is 69.3 Å². The molecule has 0 saturated carbocycles. The summed E-state index contributed by atoms with van der Waals surface area (Å²) in [6, 6.07) is 14.4. The maximum Gasteiger partial charge on any atom is 1.00 e. The van der Waals surface area contributed by atoms with Crippen LogP contribution in [0.1, 0.15) is 45.6 Å². The molecule has 0 fully saturated rings. The van der Waals surface area contributed by atoms with Crippen molar-refractivity contribution in [2.45, 2.75) is 52.6 Å². The van der Waals surface area contributed by atoms with Crippen molar-refractivity contribution in [3.8, 4) is 22.5 Å². The fourth-order valence-corrected chi connectivity index (χ4v) is 3.74. The molecule has 168 valence electrons. The first-order valence-electron chi connectivity index (χ1n) is 10.8. The minimum atomic E-state index is -1.23. The second-order valence-corrected chi connectivity index (χ2v) is 8.08. The van der Waals surface area contributed by atoms with Crippen LogP contribution in [0.2, 0.25) is 0 Å². The van der Waals surface area contributed by atoms with Gasteiger partial charge in [-0.3, -0.25) is 15.1 Å². The molecule has 10 heteroatoms. The fraction of sp³-hybridized carbons (Fsp3) is 0.375. The number of carbonyl (C=O) groups is 2. The number of carbonyl (C=O) groups excluding carboxylic acids is 2. The Labute approximate surface area is 244 Å². The maximum atomic E-state index is 12.8. The van der Waals surface area contributed by atoms with Crippen molar-refractivity contribution in [3.63, 3.8) is 0 Å². The van der Waals surface area contributed by atoms with Crippen LogP contribution in [0.4, 0.5) is 0 Å². The molecule has 34 heavy (non-hydrogen) atoms. The first-order chi connectivity index (χ1) is 15.4. The monoisotopic (exact) mass is 479 g/mol. The van der Waals surface area contributed by atoms with Gasteiger partial charge in [0.25, 0.3) is 0 Å². The molecule has 0 spiro atoms. The fourth-order valence-electron chi connectivity index (χ4n) is 3.74. The van der Waals surface area contributed by atoms with Crippen LogP contribution in [0.15, 0.2) is 48.5 Å². The van der Waals surface area contributed by atoms with Crippen molar-refractivity contribution < 1.29 is 73.8 Å². The van der Waals surface area contributed by atoms with Crippen LogP contribution in [0.25, 0.3) is 22.5 Å². The van der Waals surface area contributed by atoms with Crippen molar-refractivity contribution >= 4 is 11.9 Å². The minimum absolute atomic E-state index is 0. The van der Waals surface area contributed by atoms with Crippen LogP contribution in [0.3, 0.4) is 0 Å². The molecule has 0 bridgehead atoms. The summed E-state index contributed by atoms with van der Waals surface area (Å²) in [5.41, 5.74) is 3.53. The van der Waals surface area contributed by atoms with Gasteiger partial charge in [-0.25, -0.2) is 0 Å². The zero-order chi connectivity index (χ0) is 23.1. The van der Waals surface area contributed by atoms with E-state index in [1.807, 2.05) is 55.5 Å². The van der Waals surface area contributed by atoms with Gasteiger partial charge in [-0.1, -0.05) is 75.7 Å². The quantitative estimate of drug-likeness (QED) is 0.277. The van der Waals surface area contributed by atoms with Gasteiger partial charge in [0.1, 0.15) is 0 Å².